The van der Waals surface area contributed by atoms with Gasteiger partial charge in [0, 0.05) is 12.4 Å². The summed E-state index contributed by atoms with van der Waals surface area (Å²) in [4.78, 5) is 8.37. The Hall–Kier alpha value is -3.04. The molecule has 0 spiro atoms. The van der Waals surface area contributed by atoms with E-state index in [1.807, 2.05) is 36.4 Å². The molecule has 0 aliphatic rings. The van der Waals surface area contributed by atoms with Gasteiger partial charge in [-0.3, -0.25) is 15.4 Å². The minimum atomic E-state index is 0. The van der Waals surface area contributed by atoms with Crippen molar-refractivity contribution in [1.29, 1.82) is 0 Å². The molecule has 6 N–H and O–H groups in total. The molecule has 1 radical (unpaired) electrons. The Balaban J connectivity index is 0.000000514. The van der Waals surface area contributed by atoms with Crippen molar-refractivity contribution < 1.29 is 32.4 Å². The third kappa shape index (κ3) is 8.67. The minimum Gasteiger partial charge on any atom is -0.870 e. The van der Waals surface area contributed by atoms with Crippen molar-refractivity contribution in [3.05, 3.63) is 72.6 Å². The van der Waals surface area contributed by atoms with Crippen LogP contribution in [-0.4, -0.2) is 39.0 Å². The van der Waals surface area contributed by atoms with E-state index in [9.17, 15) is 0 Å². The van der Waals surface area contributed by atoms with E-state index in [-0.39, 0.29) is 33.4 Å². The molecule has 2 heterocycles. The first-order valence-corrected chi connectivity index (χ1v) is 8.32. The number of rotatable bonds is 4. The first kappa shape index (κ1) is 26.0. The van der Waals surface area contributed by atoms with E-state index >= 15 is 0 Å². The standard InChI is InChI=1S/C10H8N2.C9H11N3O2S.Cu.H2O/c1-3-7-11-9(5-1)10-6-2-4-8-12-10;1-14-7-4-2-3-6(8(7)13)5-11-12-9(10)15;;/h1-8H;2-5,13H,1H3,(H3,10,12,15);;1H2/q;;+2;. The van der Waals surface area contributed by atoms with Crippen molar-refractivity contribution in [2.45, 2.75) is 0 Å². The first-order valence-electron chi connectivity index (χ1n) is 7.91. The van der Waals surface area contributed by atoms with Crippen LogP contribution in [0.3, 0.4) is 0 Å². The number of nitrogens with two attached hydrogens (primary N) is 1. The van der Waals surface area contributed by atoms with Gasteiger partial charge in [0.1, 0.15) is 0 Å². The molecule has 0 bridgehead atoms. The number of ether oxygens (including phenoxy) is 1. The first-order chi connectivity index (χ1) is 13.1. The number of hydrogen-bond acceptors (Lipinski definition) is 6. The molecule has 0 fully saturated rings. The summed E-state index contributed by atoms with van der Waals surface area (Å²) in [7, 11) is 1.52. The summed E-state index contributed by atoms with van der Waals surface area (Å²) >= 11 is 4.57. The van der Waals surface area contributed by atoms with Gasteiger partial charge in [0.25, 0.3) is 0 Å². The van der Waals surface area contributed by atoms with Crippen LogP contribution in [0.25, 0.3) is 11.4 Å². The minimum absolute atomic E-state index is 0. The van der Waals surface area contributed by atoms with E-state index in [0.717, 1.165) is 11.4 Å². The summed E-state index contributed by atoms with van der Waals surface area (Å²) in [6, 6.07) is 16.8. The molecule has 155 valence electrons. The molecule has 0 saturated carbocycles. The molecule has 10 heteroatoms. The van der Waals surface area contributed by atoms with Crippen molar-refractivity contribution >= 4 is 23.5 Å². The maximum atomic E-state index is 7.72. The molecule has 29 heavy (non-hydrogen) atoms. The van der Waals surface area contributed by atoms with Crippen LogP contribution in [0, 0.1) is 0 Å². The van der Waals surface area contributed by atoms with Crippen molar-refractivity contribution in [1.82, 2.24) is 15.4 Å². The zero-order valence-corrected chi connectivity index (χ0v) is 17.2. The molecule has 3 rings (SSSR count). The second-order valence-corrected chi connectivity index (χ2v) is 5.53. The molecule has 2 aromatic heterocycles. The fourth-order valence-electron chi connectivity index (χ4n) is 2.02. The Bertz CT molecular complexity index is 861. The van der Waals surface area contributed by atoms with Crippen LogP contribution in [0.4, 0.5) is 0 Å². The Kier molecular flexibility index (Phi) is 12.6. The molecule has 0 atom stereocenters. The van der Waals surface area contributed by atoms with Gasteiger partial charge >= 0.3 is 22.8 Å². The number of nitrogens with one attached hydrogen (secondary N) is 1. The van der Waals surface area contributed by atoms with E-state index < -0.39 is 0 Å². The Morgan fingerprint density at radius 3 is 2.10 bits per heavy atom. The van der Waals surface area contributed by atoms with Gasteiger partial charge in [0.15, 0.2) is 5.11 Å². The van der Waals surface area contributed by atoms with Gasteiger partial charge in [-0.15, -0.1) is 0 Å². The van der Waals surface area contributed by atoms with Crippen molar-refractivity contribution in [2.75, 3.05) is 7.11 Å². The van der Waals surface area contributed by atoms with Gasteiger partial charge in [-0.05, 0) is 48.6 Å². The van der Waals surface area contributed by atoms with Crippen LogP contribution >= 0.6 is 12.2 Å². The number of hydrazone groups is 1. The summed E-state index contributed by atoms with van der Waals surface area (Å²) in [5.74, 6) is 0.766. The third-order valence-electron chi connectivity index (χ3n) is 3.25. The van der Waals surface area contributed by atoms with Crippen molar-refractivity contribution in [3.63, 3.8) is 0 Å². The molecule has 1 aromatic carbocycles. The molecule has 3 aromatic rings. The topological polar surface area (TPSA) is 138 Å². The van der Waals surface area contributed by atoms with Gasteiger partial charge in [0.05, 0.1) is 30.3 Å². The summed E-state index contributed by atoms with van der Waals surface area (Å²) in [6.07, 6.45) is 5.00. The van der Waals surface area contributed by atoms with Crippen LogP contribution in [0.5, 0.6) is 11.5 Å². The molecular formula is C19H21CuN5O3S+2. The van der Waals surface area contributed by atoms with E-state index in [2.05, 4.69) is 32.7 Å². The number of methoxy groups -OCH3 is 1. The quantitative estimate of drug-likeness (QED) is 0.199. The Labute approximate surface area is 184 Å². The zero-order valence-electron chi connectivity index (χ0n) is 15.4. The predicted octanol–water partition coefficient (Wildman–Crippen LogP) is 2.26. The average Bonchev–Trinajstić information content (AvgIpc) is 2.71. The summed E-state index contributed by atoms with van der Waals surface area (Å²) in [6.45, 7) is 0. The zero-order chi connectivity index (χ0) is 19.5. The average molecular weight is 463 g/mol. The molecule has 0 aliphatic carbocycles. The number of hydrogen-bond donors (Lipinski definition) is 2. The fraction of sp³-hybridized carbons (Fsp3) is 0.0526. The second kappa shape index (κ2) is 14.0. The number of nitrogens with zero attached hydrogens (tertiary/aromatic N) is 3. The number of aromatic nitrogens is 2. The van der Waals surface area contributed by atoms with Gasteiger partial charge in [-0.25, -0.2) is 0 Å². The Morgan fingerprint density at radius 2 is 1.66 bits per heavy atom. The molecule has 0 saturated heterocycles. The normalized spacial score (nSPS) is 9.28. The molecule has 0 unspecified atom stereocenters. The largest absolute Gasteiger partial charge is 2.00 e. The van der Waals surface area contributed by atoms with E-state index in [1.54, 1.807) is 30.6 Å². The Morgan fingerprint density at radius 1 is 1.07 bits per heavy atom. The molecular weight excluding hydrogens is 442 g/mol. The predicted molar refractivity (Wildman–Crippen MR) is 113 cm³/mol. The number of pyridine rings is 2. The van der Waals surface area contributed by atoms with Crippen LogP contribution in [0.1, 0.15) is 5.56 Å². The van der Waals surface area contributed by atoms with Gasteiger partial charge in [0.2, 0.25) is 5.75 Å². The third-order valence-corrected chi connectivity index (χ3v) is 3.34. The van der Waals surface area contributed by atoms with Crippen molar-refractivity contribution in [3.8, 4) is 22.9 Å². The maximum Gasteiger partial charge on any atom is 2.00 e. The molecule has 0 aliphatic heterocycles. The molecule has 0 amide bonds. The van der Waals surface area contributed by atoms with Crippen molar-refractivity contribution in [2.24, 2.45) is 10.8 Å². The van der Waals surface area contributed by atoms with Crippen LogP contribution in [0.2, 0.25) is 0 Å². The summed E-state index contributed by atoms with van der Waals surface area (Å²) in [5, 5.41) is 11.6. The fourth-order valence-corrected chi connectivity index (χ4v) is 2.07. The number of thiocarbonyl (C=S) groups is 1. The number of benzene rings is 1. The van der Waals surface area contributed by atoms with Crippen LogP contribution < -0.4 is 15.9 Å². The molecule has 8 nitrogen and oxygen atoms in total. The van der Waals surface area contributed by atoms with Gasteiger partial charge < -0.3 is 21.1 Å². The summed E-state index contributed by atoms with van der Waals surface area (Å²) in [5.41, 5.74) is 10.1. The van der Waals surface area contributed by atoms with Gasteiger partial charge in [-0.2, -0.15) is 5.10 Å². The monoisotopic (exact) mass is 462 g/mol. The van der Waals surface area contributed by atoms with Crippen LogP contribution in [0.15, 0.2) is 72.1 Å². The van der Waals surface area contributed by atoms with E-state index in [0.29, 0.717) is 11.3 Å². The number of para-hydroxylation sites is 1. The second-order valence-electron chi connectivity index (χ2n) is 5.09. The smallest absolute Gasteiger partial charge is 0.870 e. The van der Waals surface area contributed by atoms with E-state index in [1.165, 1.54) is 13.3 Å². The maximum absolute atomic E-state index is 7.72. The van der Waals surface area contributed by atoms with Gasteiger partial charge in [-0.1, -0.05) is 18.2 Å². The van der Waals surface area contributed by atoms with Crippen LogP contribution in [-0.2, 0) is 17.1 Å². The van der Waals surface area contributed by atoms with E-state index in [4.69, 9.17) is 15.6 Å². The SMILES string of the molecule is COc1cccc(C=NNC(N)=S)c1[OH2+].[Cu+2].[OH-].c1ccc(-c2ccccn2)nc1. The summed E-state index contributed by atoms with van der Waals surface area (Å²) < 4.78 is 4.99.